The van der Waals surface area contributed by atoms with E-state index in [4.69, 9.17) is 4.74 Å². The molecule has 0 saturated carbocycles. The Morgan fingerprint density at radius 3 is 2.91 bits per heavy atom. The fraction of sp³-hybridized carbons (Fsp3) is 0.214. The number of aryl methyl sites for hydroxylation is 1. The highest BCUT2D eigenvalue weighted by atomic mass is 32.1. The van der Waals surface area contributed by atoms with Crippen LogP contribution in [0.4, 0.5) is 8.78 Å². The van der Waals surface area contributed by atoms with E-state index in [0.29, 0.717) is 21.6 Å². The van der Waals surface area contributed by atoms with E-state index in [1.165, 1.54) is 23.6 Å². The Bertz CT molecular complexity index is 859. The number of fused-ring (bicyclic) bond motifs is 1. The first-order valence-electron chi connectivity index (χ1n) is 6.41. The average Bonchev–Trinajstić information content (AvgIpc) is 2.86. The summed E-state index contributed by atoms with van der Waals surface area (Å²) in [5.74, 6) is 0.478. The maximum Gasteiger partial charge on any atom is 0.272 e. The molecule has 0 atom stereocenters. The Morgan fingerprint density at radius 2 is 2.23 bits per heavy atom. The highest BCUT2D eigenvalue weighted by Gasteiger charge is 2.10. The molecule has 0 unspecified atom stereocenters. The van der Waals surface area contributed by atoms with Gasteiger partial charge in [0.05, 0.1) is 5.39 Å². The molecule has 22 heavy (non-hydrogen) atoms. The maximum absolute atomic E-state index is 12.1. The van der Waals surface area contributed by atoms with Crippen LogP contribution in [0.25, 0.3) is 21.6 Å². The molecule has 0 radical (unpaired) electrons. The molecule has 0 amide bonds. The molecular formula is C14H11F2N3O2S. The predicted octanol–water partition coefficient (Wildman–Crippen LogP) is 3.00. The van der Waals surface area contributed by atoms with Gasteiger partial charge in [0.1, 0.15) is 10.7 Å². The Labute approximate surface area is 127 Å². The van der Waals surface area contributed by atoms with Crippen molar-refractivity contribution in [3.05, 3.63) is 39.6 Å². The third-order valence-electron chi connectivity index (χ3n) is 2.89. The number of aromatic amines is 1. The lowest BCUT2D eigenvalue weighted by atomic mass is 10.2. The summed E-state index contributed by atoms with van der Waals surface area (Å²) in [5, 5.41) is 0.552. The largest absolute Gasteiger partial charge is 0.472 e. The highest BCUT2D eigenvalue weighted by molar-refractivity contribution is 7.18. The molecule has 5 nitrogen and oxygen atoms in total. The molecule has 8 heteroatoms. The average molecular weight is 323 g/mol. The van der Waals surface area contributed by atoms with Crippen LogP contribution >= 0.6 is 11.3 Å². The predicted molar refractivity (Wildman–Crippen MR) is 79.7 cm³/mol. The first kappa shape index (κ1) is 14.6. The smallest absolute Gasteiger partial charge is 0.272 e. The van der Waals surface area contributed by atoms with Crippen LogP contribution in [-0.2, 0) is 0 Å². The van der Waals surface area contributed by atoms with Crippen molar-refractivity contribution in [3.8, 4) is 17.3 Å². The van der Waals surface area contributed by atoms with E-state index in [1.54, 1.807) is 12.1 Å². The lowest BCUT2D eigenvalue weighted by Gasteiger charge is -2.05. The van der Waals surface area contributed by atoms with Crippen molar-refractivity contribution in [2.45, 2.75) is 13.3 Å². The van der Waals surface area contributed by atoms with Gasteiger partial charge in [-0.15, -0.1) is 11.3 Å². The lowest BCUT2D eigenvalue weighted by Crippen LogP contribution is -2.09. The molecule has 0 fully saturated rings. The van der Waals surface area contributed by atoms with E-state index < -0.39 is 13.0 Å². The zero-order chi connectivity index (χ0) is 15.7. The third-order valence-corrected chi connectivity index (χ3v) is 3.84. The van der Waals surface area contributed by atoms with E-state index in [9.17, 15) is 13.6 Å². The number of ether oxygens (including phenoxy) is 1. The number of hydrogen-bond donors (Lipinski definition) is 1. The second-order valence-electron chi connectivity index (χ2n) is 4.58. The maximum atomic E-state index is 12.1. The van der Waals surface area contributed by atoms with Crippen molar-refractivity contribution in [1.29, 1.82) is 0 Å². The molecule has 0 aromatic carbocycles. The Kier molecular flexibility index (Phi) is 3.84. The van der Waals surface area contributed by atoms with Crippen molar-refractivity contribution < 1.29 is 13.5 Å². The van der Waals surface area contributed by atoms with Crippen molar-refractivity contribution in [2.24, 2.45) is 0 Å². The van der Waals surface area contributed by atoms with Gasteiger partial charge in [0.2, 0.25) is 5.88 Å². The van der Waals surface area contributed by atoms with Crippen molar-refractivity contribution in [1.82, 2.24) is 15.0 Å². The summed E-state index contributed by atoms with van der Waals surface area (Å²) in [7, 11) is 0. The van der Waals surface area contributed by atoms with Gasteiger partial charge in [-0.25, -0.2) is 18.7 Å². The Hall–Kier alpha value is -2.35. The van der Waals surface area contributed by atoms with Crippen LogP contribution in [0.5, 0.6) is 5.88 Å². The van der Waals surface area contributed by atoms with Crippen LogP contribution in [0, 0.1) is 6.92 Å². The summed E-state index contributed by atoms with van der Waals surface area (Å²) in [6.45, 7) is 1.20. The molecule has 0 bridgehead atoms. The van der Waals surface area contributed by atoms with Crippen LogP contribution in [0.3, 0.4) is 0 Å². The summed E-state index contributed by atoms with van der Waals surface area (Å²) in [6.07, 6.45) is -1.13. The van der Waals surface area contributed by atoms with E-state index in [0.717, 1.165) is 4.88 Å². The van der Waals surface area contributed by atoms with Gasteiger partial charge in [-0.05, 0) is 19.1 Å². The fourth-order valence-corrected chi connectivity index (χ4v) is 2.82. The van der Waals surface area contributed by atoms with Gasteiger partial charge in [-0.1, -0.05) is 0 Å². The summed E-state index contributed by atoms with van der Waals surface area (Å²) in [4.78, 5) is 24.7. The van der Waals surface area contributed by atoms with Crippen LogP contribution in [0.1, 0.15) is 4.88 Å². The number of hydrogen-bond acceptors (Lipinski definition) is 5. The second kappa shape index (κ2) is 5.80. The number of nitrogens with one attached hydrogen (secondary N) is 1. The van der Waals surface area contributed by atoms with Crippen molar-refractivity contribution >= 4 is 21.6 Å². The van der Waals surface area contributed by atoms with Crippen LogP contribution < -0.4 is 10.3 Å². The minimum absolute atomic E-state index is 0.0967. The lowest BCUT2D eigenvalue weighted by molar-refractivity contribution is 0.0796. The normalized spacial score (nSPS) is 11.3. The number of nitrogens with zero attached hydrogens (tertiary/aromatic N) is 2. The number of H-pyrrole nitrogens is 1. The number of alkyl halides is 2. The molecule has 3 rings (SSSR count). The van der Waals surface area contributed by atoms with E-state index in [-0.39, 0.29) is 11.4 Å². The van der Waals surface area contributed by atoms with E-state index in [1.807, 2.05) is 6.92 Å². The van der Waals surface area contributed by atoms with Gasteiger partial charge < -0.3 is 9.72 Å². The molecule has 3 aromatic heterocycles. The first-order chi connectivity index (χ1) is 10.5. The topological polar surface area (TPSA) is 67.9 Å². The quantitative estimate of drug-likeness (QED) is 0.801. The first-order valence-corrected chi connectivity index (χ1v) is 7.22. The molecular weight excluding hydrogens is 312 g/mol. The second-order valence-corrected chi connectivity index (χ2v) is 5.81. The minimum atomic E-state index is -2.55. The van der Waals surface area contributed by atoms with Gasteiger partial charge in [-0.2, -0.15) is 0 Å². The van der Waals surface area contributed by atoms with Crippen LogP contribution in [-0.4, -0.2) is 28.0 Å². The number of pyridine rings is 1. The zero-order valence-corrected chi connectivity index (χ0v) is 12.3. The summed E-state index contributed by atoms with van der Waals surface area (Å²) in [6, 6.07) is 4.86. The van der Waals surface area contributed by atoms with Crippen molar-refractivity contribution in [3.63, 3.8) is 0 Å². The minimum Gasteiger partial charge on any atom is -0.472 e. The summed E-state index contributed by atoms with van der Waals surface area (Å²) in [5.41, 5.74) is 0.358. The third kappa shape index (κ3) is 2.96. The van der Waals surface area contributed by atoms with Crippen LogP contribution in [0.2, 0.25) is 0 Å². The molecule has 114 valence electrons. The van der Waals surface area contributed by atoms with E-state index in [2.05, 4.69) is 15.0 Å². The number of halogens is 2. The molecule has 0 aliphatic rings. The van der Waals surface area contributed by atoms with E-state index >= 15 is 0 Å². The summed E-state index contributed by atoms with van der Waals surface area (Å²) < 4.78 is 28.9. The molecule has 0 aliphatic heterocycles. The van der Waals surface area contributed by atoms with Gasteiger partial charge in [0.15, 0.2) is 6.61 Å². The van der Waals surface area contributed by atoms with Gasteiger partial charge in [0, 0.05) is 22.7 Å². The molecule has 0 spiro atoms. The zero-order valence-electron chi connectivity index (χ0n) is 11.5. The molecule has 0 aliphatic carbocycles. The van der Waals surface area contributed by atoms with Crippen LogP contribution in [0.15, 0.2) is 29.2 Å². The van der Waals surface area contributed by atoms with Gasteiger partial charge >= 0.3 is 0 Å². The fourth-order valence-electron chi connectivity index (χ4n) is 1.94. The monoisotopic (exact) mass is 323 g/mol. The van der Waals surface area contributed by atoms with Crippen molar-refractivity contribution in [2.75, 3.05) is 6.61 Å². The molecule has 3 aromatic rings. The Balaban J connectivity index is 1.92. The number of thiophene rings is 1. The highest BCUT2D eigenvalue weighted by Crippen LogP contribution is 2.23. The SMILES string of the molecule is Cc1cc2c(=O)[nH]c(-c3ccc(OCC(F)F)nc3)nc2s1. The summed E-state index contributed by atoms with van der Waals surface area (Å²) >= 11 is 1.43. The Morgan fingerprint density at radius 1 is 1.41 bits per heavy atom. The number of rotatable bonds is 4. The molecule has 3 heterocycles. The number of aromatic nitrogens is 3. The standard InChI is InChI=1S/C14H11F2N3O2S/c1-7-4-9-13(20)18-12(19-14(9)22-7)8-2-3-11(17-5-8)21-6-10(15)16/h2-5,10H,6H2,1H3,(H,18,19,20). The van der Waals surface area contributed by atoms with Gasteiger partial charge in [0.25, 0.3) is 12.0 Å². The van der Waals surface area contributed by atoms with Gasteiger partial charge in [-0.3, -0.25) is 4.79 Å². The molecule has 0 saturated heterocycles. The molecule has 1 N–H and O–H groups in total.